The van der Waals surface area contributed by atoms with Crippen molar-refractivity contribution in [3.63, 3.8) is 0 Å². The number of nitrogens with one attached hydrogen (secondary N) is 1. The molecule has 4 unspecified atom stereocenters. The molecule has 2 fully saturated rings. The van der Waals surface area contributed by atoms with Crippen LogP contribution in [0.4, 0.5) is 0 Å². The first-order valence-electron chi connectivity index (χ1n) is 6.14. The molecule has 0 aromatic heterocycles. The Hall–Kier alpha value is -0.300. The van der Waals surface area contributed by atoms with Gasteiger partial charge in [0.05, 0.1) is 0 Å². The predicted molar refractivity (Wildman–Crippen MR) is 61.2 cm³/mol. The van der Waals surface area contributed by atoms with Crippen LogP contribution in [0.3, 0.4) is 0 Å². The highest BCUT2D eigenvalue weighted by molar-refractivity contribution is 4.91. The molecule has 0 aromatic carbocycles. The van der Waals surface area contributed by atoms with Gasteiger partial charge in [0, 0.05) is 6.04 Å². The van der Waals surface area contributed by atoms with Gasteiger partial charge in [0.15, 0.2) is 0 Å². The quantitative estimate of drug-likeness (QED) is 0.662. The molecule has 4 atom stereocenters. The number of hydrogen-bond donors (Lipinski definition) is 1. The average molecular weight is 193 g/mol. The lowest BCUT2D eigenvalue weighted by Gasteiger charge is -2.23. The highest BCUT2D eigenvalue weighted by Crippen LogP contribution is 2.47. The van der Waals surface area contributed by atoms with Crippen molar-refractivity contribution < 1.29 is 0 Å². The summed E-state index contributed by atoms with van der Waals surface area (Å²) >= 11 is 0. The van der Waals surface area contributed by atoms with Crippen LogP contribution in [-0.4, -0.2) is 12.6 Å². The summed E-state index contributed by atoms with van der Waals surface area (Å²) in [5.41, 5.74) is 0. The third-order valence-electron chi connectivity index (χ3n) is 4.13. The minimum Gasteiger partial charge on any atom is -0.314 e. The lowest BCUT2D eigenvalue weighted by atomic mass is 9.88. The molecule has 2 saturated carbocycles. The molecular formula is C13H23N. The zero-order chi connectivity index (χ0) is 9.97. The summed E-state index contributed by atoms with van der Waals surface area (Å²) in [6, 6.07) is 0.617. The minimum absolute atomic E-state index is 0.617. The summed E-state index contributed by atoms with van der Waals surface area (Å²) in [4.78, 5) is 0. The maximum atomic E-state index is 3.78. The van der Waals surface area contributed by atoms with Crippen LogP contribution in [0.25, 0.3) is 0 Å². The van der Waals surface area contributed by atoms with Gasteiger partial charge in [-0.15, -0.1) is 6.58 Å². The van der Waals surface area contributed by atoms with Crippen molar-refractivity contribution in [1.82, 2.24) is 5.32 Å². The Morgan fingerprint density at radius 1 is 1.43 bits per heavy atom. The molecule has 0 spiro atoms. The smallest absolute Gasteiger partial charge is 0.00732 e. The second-order valence-electron chi connectivity index (χ2n) is 5.27. The Bertz CT molecular complexity index is 199. The first-order chi connectivity index (χ1) is 6.79. The summed E-state index contributed by atoms with van der Waals surface area (Å²) in [5.74, 6) is 3.13. The van der Waals surface area contributed by atoms with Gasteiger partial charge in [-0.3, -0.25) is 0 Å². The van der Waals surface area contributed by atoms with E-state index in [-0.39, 0.29) is 0 Å². The molecule has 0 radical (unpaired) electrons. The summed E-state index contributed by atoms with van der Waals surface area (Å²) < 4.78 is 0. The van der Waals surface area contributed by atoms with Crippen molar-refractivity contribution in [3.05, 3.63) is 12.7 Å². The third kappa shape index (κ3) is 2.20. The van der Waals surface area contributed by atoms with Crippen LogP contribution in [0.15, 0.2) is 12.7 Å². The molecule has 2 bridgehead atoms. The molecule has 1 N–H and O–H groups in total. The van der Waals surface area contributed by atoms with Crippen molar-refractivity contribution in [2.24, 2.45) is 17.8 Å². The van der Waals surface area contributed by atoms with Gasteiger partial charge in [-0.1, -0.05) is 12.5 Å². The van der Waals surface area contributed by atoms with E-state index < -0.39 is 0 Å². The maximum absolute atomic E-state index is 3.78. The van der Waals surface area contributed by atoms with Crippen molar-refractivity contribution in [3.8, 4) is 0 Å². The van der Waals surface area contributed by atoms with Crippen LogP contribution in [0, 0.1) is 17.8 Å². The Balaban J connectivity index is 1.68. The molecule has 2 aliphatic rings. The highest BCUT2D eigenvalue weighted by atomic mass is 14.9. The molecule has 2 aliphatic carbocycles. The van der Waals surface area contributed by atoms with Gasteiger partial charge < -0.3 is 5.32 Å². The molecule has 0 aliphatic heterocycles. The van der Waals surface area contributed by atoms with Crippen LogP contribution in [0.1, 0.15) is 39.0 Å². The van der Waals surface area contributed by atoms with Gasteiger partial charge in [-0.2, -0.15) is 0 Å². The second-order valence-corrected chi connectivity index (χ2v) is 5.27. The summed E-state index contributed by atoms with van der Waals surface area (Å²) in [6.07, 6.45) is 9.16. The van der Waals surface area contributed by atoms with Crippen LogP contribution in [0.2, 0.25) is 0 Å². The second kappa shape index (κ2) is 4.48. The summed E-state index contributed by atoms with van der Waals surface area (Å²) in [5, 5.41) is 3.64. The van der Waals surface area contributed by atoms with E-state index in [0.717, 1.165) is 24.2 Å². The van der Waals surface area contributed by atoms with Crippen LogP contribution >= 0.6 is 0 Å². The van der Waals surface area contributed by atoms with E-state index in [2.05, 4.69) is 18.8 Å². The molecule has 80 valence electrons. The Morgan fingerprint density at radius 3 is 2.86 bits per heavy atom. The Kier molecular flexibility index (Phi) is 3.27. The standard InChI is InChI=1S/C13H23N/c1-3-4-10(2)14-9-13-8-11-5-6-12(13)7-11/h3,10-14H,1,4-9H2,2H3. The lowest BCUT2D eigenvalue weighted by molar-refractivity contribution is 0.309. The van der Waals surface area contributed by atoms with E-state index in [1.54, 1.807) is 0 Å². The van der Waals surface area contributed by atoms with Crippen LogP contribution < -0.4 is 5.32 Å². The molecule has 2 rings (SSSR count). The van der Waals surface area contributed by atoms with E-state index in [9.17, 15) is 0 Å². The van der Waals surface area contributed by atoms with Crippen molar-refractivity contribution in [2.45, 2.75) is 45.1 Å². The fourth-order valence-electron chi connectivity index (χ4n) is 3.31. The largest absolute Gasteiger partial charge is 0.314 e. The molecule has 0 saturated heterocycles. The molecule has 1 heteroatoms. The Morgan fingerprint density at radius 2 is 2.29 bits per heavy atom. The van der Waals surface area contributed by atoms with E-state index >= 15 is 0 Å². The SMILES string of the molecule is C=CCC(C)NCC1CC2CCC1C2. The van der Waals surface area contributed by atoms with Crippen LogP contribution in [-0.2, 0) is 0 Å². The molecular weight excluding hydrogens is 170 g/mol. The maximum Gasteiger partial charge on any atom is 0.00732 e. The average Bonchev–Trinajstić information content (AvgIpc) is 2.76. The van der Waals surface area contributed by atoms with Gasteiger partial charge in [0.1, 0.15) is 0 Å². The number of hydrogen-bond acceptors (Lipinski definition) is 1. The highest BCUT2D eigenvalue weighted by Gasteiger charge is 2.38. The van der Waals surface area contributed by atoms with E-state index in [1.165, 1.54) is 32.2 Å². The van der Waals surface area contributed by atoms with Crippen molar-refractivity contribution in [2.75, 3.05) is 6.54 Å². The summed E-state index contributed by atoms with van der Waals surface area (Å²) in [7, 11) is 0. The monoisotopic (exact) mass is 193 g/mol. The van der Waals surface area contributed by atoms with Gasteiger partial charge in [0.2, 0.25) is 0 Å². The molecule has 0 amide bonds. The van der Waals surface area contributed by atoms with Gasteiger partial charge in [-0.25, -0.2) is 0 Å². The van der Waals surface area contributed by atoms with E-state index in [0.29, 0.717) is 6.04 Å². The number of fused-ring (bicyclic) bond motifs is 2. The predicted octanol–water partition coefficient (Wildman–Crippen LogP) is 2.98. The van der Waals surface area contributed by atoms with Gasteiger partial charge >= 0.3 is 0 Å². The third-order valence-corrected chi connectivity index (χ3v) is 4.13. The molecule has 0 aromatic rings. The van der Waals surface area contributed by atoms with Gasteiger partial charge in [-0.05, 0) is 56.9 Å². The van der Waals surface area contributed by atoms with Crippen LogP contribution in [0.5, 0.6) is 0 Å². The van der Waals surface area contributed by atoms with E-state index in [1.807, 2.05) is 6.08 Å². The lowest BCUT2D eigenvalue weighted by Crippen LogP contribution is -2.32. The number of rotatable bonds is 5. The molecule has 1 nitrogen and oxygen atoms in total. The summed E-state index contributed by atoms with van der Waals surface area (Å²) in [6.45, 7) is 7.28. The Labute approximate surface area is 88.0 Å². The van der Waals surface area contributed by atoms with Gasteiger partial charge in [0.25, 0.3) is 0 Å². The minimum atomic E-state index is 0.617. The molecule has 0 heterocycles. The fourth-order valence-corrected chi connectivity index (χ4v) is 3.31. The zero-order valence-electron chi connectivity index (χ0n) is 9.34. The molecule has 14 heavy (non-hydrogen) atoms. The normalized spacial score (nSPS) is 37.4. The zero-order valence-corrected chi connectivity index (χ0v) is 9.34. The topological polar surface area (TPSA) is 12.0 Å². The van der Waals surface area contributed by atoms with Crippen molar-refractivity contribution >= 4 is 0 Å². The first-order valence-corrected chi connectivity index (χ1v) is 6.14. The fraction of sp³-hybridized carbons (Fsp3) is 0.846. The van der Waals surface area contributed by atoms with Crippen molar-refractivity contribution in [1.29, 1.82) is 0 Å². The first kappa shape index (κ1) is 10.2. The van der Waals surface area contributed by atoms with E-state index in [4.69, 9.17) is 0 Å².